The third-order valence-corrected chi connectivity index (χ3v) is 12.7. The Morgan fingerprint density at radius 3 is 1.00 bits per heavy atom. The summed E-state index contributed by atoms with van der Waals surface area (Å²) in [6, 6.07) is -0.816. The van der Waals surface area contributed by atoms with Crippen molar-refractivity contribution in [2.75, 3.05) is 6.61 Å². The molecule has 5 nitrogen and oxygen atoms in total. The van der Waals surface area contributed by atoms with Gasteiger partial charge in [0.05, 0.1) is 18.8 Å². The van der Waals surface area contributed by atoms with E-state index in [0.717, 1.165) is 38.5 Å². The van der Waals surface area contributed by atoms with Crippen LogP contribution >= 0.6 is 0 Å². The minimum absolute atomic E-state index is 0.376. The summed E-state index contributed by atoms with van der Waals surface area (Å²) < 4.78 is 0. The van der Waals surface area contributed by atoms with Gasteiger partial charge in [-0.1, -0.05) is 269 Å². The zero-order valence-electron chi connectivity index (χ0n) is 41.1. The van der Waals surface area contributed by atoms with Gasteiger partial charge in [0.15, 0.2) is 0 Å². The van der Waals surface area contributed by atoms with Crippen molar-refractivity contribution >= 4 is 5.91 Å². The highest BCUT2D eigenvalue weighted by molar-refractivity contribution is 5.80. The second kappa shape index (κ2) is 51.2. The number of nitrogens with one attached hydrogen (secondary N) is 1. The van der Waals surface area contributed by atoms with Crippen molar-refractivity contribution in [3.8, 4) is 0 Å². The van der Waals surface area contributed by atoms with Crippen molar-refractivity contribution in [1.82, 2.24) is 5.32 Å². The minimum atomic E-state index is -1.11. The summed E-state index contributed by atoms with van der Waals surface area (Å²) in [5, 5.41) is 33.3. The molecule has 3 atom stereocenters. The highest BCUT2D eigenvalue weighted by atomic mass is 16.3. The number of allylic oxidation sites excluding steroid dienone is 5. The van der Waals surface area contributed by atoms with Gasteiger partial charge in [0.25, 0.3) is 0 Å². The van der Waals surface area contributed by atoms with Crippen molar-refractivity contribution in [3.63, 3.8) is 0 Å². The third-order valence-electron chi connectivity index (χ3n) is 12.7. The van der Waals surface area contributed by atoms with Crippen molar-refractivity contribution in [3.05, 3.63) is 36.5 Å². The van der Waals surface area contributed by atoms with E-state index >= 15 is 0 Å². The highest BCUT2D eigenvalue weighted by Crippen LogP contribution is 2.17. The topological polar surface area (TPSA) is 89.8 Å². The molecule has 0 rings (SSSR count). The summed E-state index contributed by atoms with van der Waals surface area (Å²) in [6.07, 6.45) is 66.4. The molecule has 0 heterocycles. The number of rotatable bonds is 50. The summed E-state index contributed by atoms with van der Waals surface area (Å²) >= 11 is 0. The number of aliphatic hydroxyl groups is 3. The predicted octanol–water partition coefficient (Wildman–Crippen LogP) is 16.7. The average molecular weight is 858 g/mol. The van der Waals surface area contributed by atoms with Crippen LogP contribution in [0.1, 0.15) is 290 Å². The average Bonchev–Trinajstić information content (AvgIpc) is 3.26. The van der Waals surface area contributed by atoms with Crippen LogP contribution in [0.5, 0.6) is 0 Å². The molecule has 0 aliphatic heterocycles. The number of unbranched alkanes of at least 4 members (excludes halogenated alkanes) is 38. The van der Waals surface area contributed by atoms with E-state index in [1.807, 2.05) is 6.08 Å². The lowest BCUT2D eigenvalue weighted by Crippen LogP contribution is -2.48. The molecule has 4 N–H and O–H groups in total. The first-order valence-corrected chi connectivity index (χ1v) is 27.3. The third kappa shape index (κ3) is 46.4. The van der Waals surface area contributed by atoms with Gasteiger partial charge in [0.1, 0.15) is 6.10 Å². The molecule has 0 aliphatic rings. The van der Waals surface area contributed by atoms with Gasteiger partial charge in [-0.05, 0) is 57.8 Å². The first-order valence-electron chi connectivity index (χ1n) is 27.3. The zero-order valence-corrected chi connectivity index (χ0v) is 41.1. The Bertz CT molecular complexity index is 947. The zero-order chi connectivity index (χ0) is 44.4. The molecule has 0 fully saturated rings. The lowest BCUT2D eigenvalue weighted by Gasteiger charge is -2.21. The van der Waals surface area contributed by atoms with Crippen LogP contribution in [-0.4, -0.2) is 46.1 Å². The molecule has 61 heavy (non-hydrogen) atoms. The van der Waals surface area contributed by atoms with Gasteiger partial charge >= 0.3 is 0 Å². The number of carbonyl (C=O) groups is 1. The number of aliphatic hydroxyl groups excluding tert-OH is 3. The molecule has 3 unspecified atom stereocenters. The van der Waals surface area contributed by atoms with Gasteiger partial charge in [-0.2, -0.15) is 0 Å². The van der Waals surface area contributed by atoms with Gasteiger partial charge < -0.3 is 20.6 Å². The SMILES string of the molecule is CCCCCCCCCCCCCC/C=C\CCCCCCCCCCCC(O)C(=O)NC(CO)C(O)/C=C/CC/C=C/CCCCCCCCCCCCCCCCCC. The van der Waals surface area contributed by atoms with Crippen LogP contribution in [0.2, 0.25) is 0 Å². The van der Waals surface area contributed by atoms with Crippen molar-refractivity contribution < 1.29 is 20.1 Å². The van der Waals surface area contributed by atoms with Gasteiger partial charge in [-0.3, -0.25) is 4.79 Å². The number of carbonyl (C=O) groups excluding carboxylic acids is 1. The van der Waals surface area contributed by atoms with Crippen LogP contribution in [0.15, 0.2) is 36.5 Å². The Morgan fingerprint density at radius 2 is 0.672 bits per heavy atom. The number of hydrogen-bond acceptors (Lipinski definition) is 4. The molecule has 0 aromatic carbocycles. The van der Waals surface area contributed by atoms with Gasteiger partial charge in [0, 0.05) is 0 Å². The maximum Gasteiger partial charge on any atom is 0.249 e. The standard InChI is InChI=1S/C56H107NO4/c1-3-5-7-9-11-13-15-17-19-21-23-25-27-28-29-31-33-35-37-39-41-43-45-47-49-51-55(60)56(61)57-53(52-58)54(59)50-48-46-44-42-40-38-36-34-32-30-26-24-22-20-18-16-14-12-10-8-6-4-2/h28-29,40,42,48,50,53-55,58-60H,3-27,30-39,41,43-47,49,51-52H2,1-2H3,(H,57,61)/b29-28-,42-40+,50-48+. The fraction of sp³-hybridized carbons (Fsp3) is 0.875. The lowest BCUT2D eigenvalue weighted by atomic mass is 10.0. The van der Waals surface area contributed by atoms with Crippen LogP contribution in [0.25, 0.3) is 0 Å². The second-order valence-corrected chi connectivity index (χ2v) is 18.8. The first-order chi connectivity index (χ1) is 30.1. The molecule has 0 saturated heterocycles. The van der Waals surface area contributed by atoms with E-state index in [1.54, 1.807) is 6.08 Å². The normalized spacial score (nSPS) is 13.6. The van der Waals surface area contributed by atoms with E-state index in [1.165, 1.54) is 231 Å². The maximum absolute atomic E-state index is 12.5. The molecule has 5 heteroatoms. The Hall–Kier alpha value is -1.43. The Kier molecular flexibility index (Phi) is 50.0. The summed E-state index contributed by atoms with van der Waals surface area (Å²) in [5.74, 6) is -0.511. The number of amides is 1. The molecular weight excluding hydrogens is 751 g/mol. The lowest BCUT2D eigenvalue weighted by molar-refractivity contribution is -0.131. The fourth-order valence-electron chi connectivity index (χ4n) is 8.43. The van der Waals surface area contributed by atoms with Gasteiger partial charge in [-0.25, -0.2) is 0 Å². The quantitative estimate of drug-likeness (QED) is 0.0362. The van der Waals surface area contributed by atoms with E-state index in [-0.39, 0.29) is 6.61 Å². The van der Waals surface area contributed by atoms with Gasteiger partial charge in [-0.15, -0.1) is 0 Å². The smallest absolute Gasteiger partial charge is 0.249 e. The molecule has 1 amide bonds. The number of hydrogen-bond donors (Lipinski definition) is 4. The van der Waals surface area contributed by atoms with E-state index in [0.29, 0.717) is 6.42 Å². The summed E-state index contributed by atoms with van der Waals surface area (Å²) in [6.45, 7) is 4.20. The molecule has 0 spiro atoms. The Labute approximate surface area is 381 Å². The molecule has 0 saturated carbocycles. The molecule has 0 aliphatic carbocycles. The molecule has 0 radical (unpaired) electrons. The van der Waals surface area contributed by atoms with Crippen LogP contribution in [0, 0.1) is 0 Å². The monoisotopic (exact) mass is 858 g/mol. The van der Waals surface area contributed by atoms with E-state index in [9.17, 15) is 20.1 Å². The van der Waals surface area contributed by atoms with Crippen LogP contribution in [-0.2, 0) is 4.79 Å². The Morgan fingerprint density at radius 1 is 0.393 bits per heavy atom. The highest BCUT2D eigenvalue weighted by Gasteiger charge is 2.22. The summed E-state index contributed by atoms with van der Waals surface area (Å²) in [5.41, 5.74) is 0. The largest absolute Gasteiger partial charge is 0.394 e. The van der Waals surface area contributed by atoms with Crippen molar-refractivity contribution in [1.29, 1.82) is 0 Å². The Balaban J connectivity index is 3.62. The van der Waals surface area contributed by atoms with Crippen LogP contribution < -0.4 is 5.32 Å². The maximum atomic E-state index is 12.5. The first kappa shape index (κ1) is 59.6. The molecular formula is C56H107NO4. The van der Waals surface area contributed by atoms with E-state index < -0.39 is 24.2 Å². The van der Waals surface area contributed by atoms with Crippen LogP contribution in [0.3, 0.4) is 0 Å². The molecule has 0 bridgehead atoms. The summed E-state index contributed by atoms with van der Waals surface area (Å²) in [4.78, 5) is 12.5. The molecule has 360 valence electrons. The van der Waals surface area contributed by atoms with Crippen LogP contribution in [0.4, 0.5) is 0 Å². The molecule has 0 aromatic rings. The van der Waals surface area contributed by atoms with E-state index in [2.05, 4.69) is 43.5 Å². The van der Waals surface area contributed by atoms with Gasteiger partial charge in [0.2, 0.25) is 5.91 Å². The molecule has 0 aromatic heterocycles. The second-order valence-electron chi connectivity index (χ2n) is 18.8. The predicted molar refractivity (Wildman–Crippen MR) is 268 cm³/mol. The van der Waals surface area contributed by atoms with E-state index in [4.69, 9.17) is 0 Å². The minimum Gasteiger partial charge on any atom is -0.394 e. The summed E-state index contributed by atoms with van der Waals surface area (Å²) in [7, 11) is 0. The fourth-order valence-corrected chi connectivity index (χ4v) is 8.43. The van der Waals surface area contributed by atoms with Crippen molar-refractivity contribution in [2.24, 2.45) is 0 Å². The van der Waals surface area contributed by atoms with Crippen molar-refractivity contribution in [2.45, 2.75) is 308 Å².